The number of non-ortho nitro benzene ring substituents is 1. The predicted octanol–water partition coefficient (Wildman–Crippen LogP) is 3.32. The van der Waals surface area contributed by atoms with Gasteiger partial charge < -0.3 is 0 Å². The number of hydrogen-bond acceptors (Lipinski definition) is 4. The molecule has 0 amide bonds. The highest BCUT2D eigenvalue weighted by atomic mass is 35.5. The molecular formula is C12H10ClN3O2. The Morgan fingerprint density at radius 1 is 1.22 bits per heavy atom. The highest BCUT2D eigenvalue weighted by molar-refractivity contribution is 6.31. The summed E-state index contributed by atoms with van der Waals surface area (Å²) in [6.45, 7) is 3.63. The predicted molar refractivity (Wildman–Crippen MR) is 68.6 cm³/mol. The Labute approximate surface area is 109 Å². The molecule has 0 aliphatic carbocycles. The Balaban J connectivity index is 2.58. The van der Waals surface area contributed by atoms with E-state index in [-0.39, 0.29) is 10.8 Å². The first-order valence-electron chi connectivity index (χ1n) is 5.24. The smallest absolute Gasteiger partial charge is 0.258 e. The lowest BCUT2D eigenvalue weighted by atomic mass is 10.1. The molecule has 0 aliphatic rings. The molecule has 1 heterocycles. The van der Waals surface area contributed by atoms with Gasteiger partial charge in [-0.05, 0) is 13.8 Å². The van der Waals surface area contributed by atoms with Crippen LogP contribution in [-0.2, 0) is 0 Å². The van der Waals surface area contributed by atoms with Crippen molar-refractivity contribution in [3.8, 4) is 11.3 Å². The van der Waals surface area contributed by atoms with E-state index in [2.05, 4.69) is 9.97 Å². The van der Waals surface area contributed by atoms with Gasteiger partial charge in [0.1, 0.15) is 5.69 Å². The van der Waals surface area contributed by atoms with Crippen LogP contribution in [-0.4, -0.2) is 14.9 Å². The van der Waals surface area contributed by atoms with Crippen molar-refractivity contribution in [3.63, 3.8) is 0 Å². The van der Waals surface area contributed by atoms with E-state index in [0.717, 1.165) is 11.4 Å². The molecule has 0 unspecified atom stereocenters. The standard InChI is InChI=1S/C12H10ClN3O2/c1-7-8(2)15-12(13)11(14-7)9-4-3-5-10(6-9)16(17)18/h3-6H,1-2H3. The minimum Gasteiger partial charge on any atom is -0.258 e. The third kappa shape index (κ3) is 2.31. The van der Waals surface area contributed by atoms with E-state index in [1.54, 1.807) is 12.1 Å². The van der Waals surface area contributed by atoms with Crippen molar-refractivity contribution >= 4 is 17.3 Å². The zero-order valence-electron chi connectivity index (χ0n) is 9.85. The minimum absolute atomic E-state index is 0.00333. The molecule has 0 saturated carbocycles. The van der Waals surface area contributed by atoms with Gasteiger partial charge in [-0.15, -0.1) is 0 Å². The summed E-state index contributed by atoms with van der Waals surface area (Å²) in [7, 11) is 0. The molecule has 0 N–H and O–H groups in total. The van der Waals surface area contributed by atoms with Gasteiger partial charge in [0.2, 0.25) is 0 Å². The maximum absolute atomic E-state index is 10.7. The van der Waals surface area contributed by atoms with Crippen LogP contribution in [0.25, 0.3) is 11.3 Å². The van der Waals surface area contributed by atoms with Crippen LogP contribution in [0.15, 0.2) is 24.3 Å². The molecule has 0 spiro atoms. The van der Waals surface area contributed by atoms with Gasteiger partial charge >= 0.3 is 0 Å². The van der Waals surface area contributed by atoms with Crippen LogP contribution in [0.4, 0.5) is 5.69 Å². The summed E-state index contributed by atoms with van der Waals surface area (Å²) in [6, 6.07) is 6.18. The molecule has 0 saturated heterocycles. The summed E-state index contributed by atoms with van der Waals surface area (Å²) >= 11 is 6.02. The molecule has 5 nitrogen and oxygen atoms in total. The maximum atomic E-state index is 10.7. The molecule has 0 radical (unpaired) electrons. The fourth-order valence-corrected chi connectivity index (χ4v) is 1.80. The van der Waals surface area contributed by atoms with Crippen molar-refractivity contribution in [2.45, 2.75) is 13.8 Å². The number of aryl methyl sites for hydroxylation is 2. The second-order valence-corrected chi connectivity index (χ2v) is 4.20. The number of nitro groups is 1. The van der Waals surface area contributed by atoms with Gasteiger partial charge in [-0.25, -0.2) is 9.97 Å². The Morgan fingerprint density at radius 2 is 1.89 bits per heavy atom. The molecule has 0 aliphatic heterocycles. The van der Waals surface area contributed by atoms with E-state index in [1.165, 1.54) is 12.1 Å². The zero-order chi connectivity index (χ0) is 13.3. The molecule has 0 fully saturated rings. The van der Waals surface area contributed by atoms with Gasteiger partial charge in [0.15, 0.2) is 5.15 Å². The largest absolute Gasteiger partial charge is 0.270 e. The maximum Gasteiger partial charge on any atom is 0.270 e. The third-order valence-electron chi connectivity index (χ3n) is 2.59. The first-order chi connectivity index (χ1) is 8.49. The van der Waals surface area contributed by atoms with Crippen LogP contribution in [0, 0.1) is 24.0 Å². The minimum atomic E-state index is -0.452. The van der Waals surface area contributed by atoms with Crippen molar-refractivity contribution < 1.29 is 4.92 Å². The van der Waals surface area contributed by atoms with Gasteiger partial charge in [0.25, 0.3) is 5.69 Å². The van der Waals surface area contributed by atoms with Crippen LogP contribution in [0.2, 0.25) is 5.15 Å². The molecule has 18 heavy (non-hydrogen) atoms. The van der Waals surface area contributed by atoms with Gasteiger partial charge in [-0.1, -0.05) is 23.7 Å². The second-order valence-electron chi connectivity index (χ2n) is 3.84. The van der Waals surface area contributed by atoms with Crippen molar-refractivity contribution in [3.05, 3.63) is 50.9 Å². The Morgan fingerprint density at radius 3 is 2.56 bits per heavy atom. The number of nitro benzene ring substituents is 1. The lowest BCUT2D eigenvalue weighted by Crippen LogP contribution is -1.97. The van der Waals surface area contributed by atoms with E-state index in [4.69, 9.17) is 11.6 Å². The van der Waals surface area contributed by atoms with Gasteiger partial charge in [-0.2, -0.15) is 0 Å². The summed E-state index contributed by atoms with van der Waals surface area (Å²) in [4.78, 5) is 18.8. The number of hydrogen-bond donors (Lipinski definition) is 0. The van der Waals surface area contributed by atoms with Crippen LogP contribution in [0.5, 0.6) is 0 Å². The topological polar surface area (TPSA) is 68.9 Å². The number of aromatic nitrogens is 2. The number of rotatable bonds is 2. The number of halogens is 1. The van der Waals surface area contributed by atoms with Crippen LogP contribution in [0.3, 0.4) is 0 Å². The number of nitrogens with zero attached hydrogens (tertiary/aromatic N) is 3. The second kappa shape index (κ2) is 4.70. The fraction of sp³-hybridized carbons (Fsp3) is 0.167. The van der Waals surface area contributed by atoms with E-state index >= 15 is 0 Å². The van der Waals surface area contributed by atoms with Gasteiger partial charge in [0, 0.05) is 17.7 Å². The van der Waals surface area contributed by atoms with Gasteiger partial charge in [0.05, 0.1) is 16.3 Å². The molecule has 6 heteroatoms. The summed E-state index contributed by atoms with van der Waals surface area (Å²) in [5.74, 6) is 0. The number of benzene rings is 1. The molecule has 2 aromatic rings. The monoisotopic (exact) mass is 263 g/mol. The molecule has 0 atom stereocenters. The van der Waals surface area contributed by atoms with E-state index < -0.39 is 4.92 Å². The summed E-state index contributed by atoms with van der Waals surface area (Å²) < 4.78 is 0. The Hall–Kier alpha value is -2.01. The molecule has 1 aromatic heterocycles. The average molecular weight is 264 g/mol. The van der Waals surface area contributed by atoms with Crippen LogP contribution >= 0.6 is 11.6 Å². The molecular weight excluding hydrogens is 254 g/mol. The summed E-state index contributed by atoms with van der Waals surface area (Å²) in [6.07, 6.45) is 0. The first-order valence-corrected chi connectivity index (χ1v) is 5.62. The highest BCUT2D eigenvalue weighted by Gasteiger charge is 2.13. The van der Waals surface area contributed by atoms with E-state index in [1.807, 2.05) is 13.8 Å². The normalized spacial score (nSPS) is 10.4. The SMILES string of the molecule is Cc1nc(Cl)c(-c2cccc([N+](=O)[O-])c2)nc1C. The molecule has 92 valence electrons. The summed E-state index contributed by atoms with van der Waals surface area (Å²) in [5.41, 5.74) is 2.55. The van der Waals surface area contributed by atoms with Crippen molar-refractivity contribution in [2.75, 3.05) is 0 Å². The van der Waals surface area contributed by atoms with E-state index in [9.17, 15) is 10.1 Å². The Bertz CT molecular complexity index is 629. The molecule has 2 rings (SSSR count). The molecule has 1 aromatic carbocycles. The molecule has 0 bridgehead atoms. The van der Waals surface area contributed by atoms with E-state index in [0.29, 0.717) is 11.3 Å². The Kier molecular flexibility index (Phi) is 3.25. The quantitative estimate of drug-likeness (QED) is 0.616. The lowest BCUT2D eigenvalue weighted by molar-refractivity contribution is -0.384. The first kappa shape index (κ1) is 12.4. The third-order valence-corrected chi connectivity index (χ3v) is 2.86. The van der Waals surface area contributed by atoms with Crippen molar-refractivity contribution in [1.29, 1.82) is 0 Å². The summed E-state index contributed by atoms with van der Waals surface area (Å²) in [5, 5.41) is 11.0. The zero-order valence-corrected chi connectivity index (χ0v) is 10.6. The van der Waals surface area contributed by atoms with Crippen LogP contribution in [0.1, 0.15) is 11.4 Å². The van der Waals surface area contributed by atoms with Crippen molar-refractivity contribution in [1.82, 2.24) is 9.97 Å². The fourth-order valence-electron chi connectivity index (χ4n) is 1.53. The van der Waals surface area contributed by atoms with Gasteiger partial charge in [-0.3, -0.25) is 10.1 Å². The van der Waals surface area contributed by atoms with Crippen molar-refractivity contribution in [2.24, 2.45) is 0 Å². The highest BCUT2D eigenvalue weighted by Crippen LogP contribution is 2.27. The lowest BCUT2D eigenvalue weighted by Gasteiger charge is -2.06. The van der Waals surface area contributed by atoms with Crippen LogP contribution < -0.4 is 0 Å². The average Bonchev–Trinajstić information content (AvgIpc) is 2.34.